The van der Waals surface area contributed by atoms with Crippen LogP contribution in [0.25, 0.3) is 22.3 Å². The topological polar surface area (TPSA) is 93.0 Å². The van der Waals surface area contributed by atoms with E-state index < -0.39 is 0 Å². The Hall–Kier alpha value is -3.87. The van der Waals surface area contributed by atoms with Gasteiger partial charge >= 0.3 is 0 Å². The molecule has 0 spiro atoms. The number of benzene rings is 2. The van der Waals surface area contributed by atoms with Crippen LogP contribution in [0.4, 0.5) is 11.6 Å². The van der Waals surface area contributed by atoms with Crippen molar-refractivity contribution in [3.63, 3.8) is 0 Å². The molecule has 4 rings (SSSR count). The molecule has 148 valence electrons. The summed E-state index contributed by atoms with van der Waals surface area (Å²) in [5, 5.41) is 19.9. The summed E-state index contributed by atoms with van der Waals surface area (Å²) in [5.74, 6) is 0.716. The number of piperazine rings is 1. The number of nitrogen functional groups attached to an aromatic ring is 1. The fourth-order valence-corrected chi connectivity index (χ4v) is 3.83. The summed E-state index contributed by atoms with van der Waals surface area (Å²) in [6, 6.07) is 22.4. The fourth-order valence-electron chi connectivity index (χ4n) is 3.83. The zero-order valence-electron chi connectivity index (χ0n) is 16.8. The SMILES string of the molecule is CN1CCN(c2nc(N)c(C#N)c(-c3cccc(-c4ccccc4)c3)c2C#N)CC1. The predicted octanol–water partition coefficient (Wildman–Crippen LogP) is 3.49. The van der Waals surface area contributed by atoms with E-state index in [2.05, 4.69) is 34.0 Å². The van der Waals surface area contributed by atoms with E-state index in [0.29, 0.717) is 16.9 Å². The minimum Gasteiger partial charge on any atom is -0.383 e. The highest BCUT2D eigenvalue weighted by molar-refractivity contribution is 5.87. The summed E-state index contributed by atoms with van der Waals surface area (Å²) >= 11 is 0. The fraction of sp³-hybridized carbons (Fsp3) is 0.208. The van der Waals surface area contributed by atoms with Gasteiger partial charge in [-0.3, -0.25) is 0 Å². The van der Waals surface area contributed by atoms with Gasteiger partial charge in [0.15, 0.2) is 0 Å². The van der Waals surface area contributed by atoms with Gasteiger partial charge in [-0.25, -0.2) is 4.98 Å². The van der Waals surface area contributed by atoms with E-state index in [9.17, 15) is 10.5 Å². The Balaban J connectivity index is 1.89. The van der Waals surface area contributed by atoms with Crippen LogP contribution in [0.5, 0.6) is 0 Å². The molecule has 6 heteroatoms. The molecule has 0 aliphatic carbocycles. The lowest BCUT2D eigenvalue weighted by atomic mass is 9.93. The molecule has 0 radical (unpaired) electrons. The van der Waals surface area contributed by atoms with E-state index in [-0.39, 0.29) is 11.4 Å². The van der Waals surface area contributed by atoms with Crippen molar-refractivity contribution in [3.05, 3.63) is 65.7 Å². The largest absolute Gasteiger partial charge is 0.383 e. The maximum Gasteiger partial charge on any atom is 0.149 e. The summed E-state index contributed by atoms with van der Waals surface area (Å²) in [4.78, 5) is 8.79. The van der Waals surface area contributed by atoms with Crippen LogP contribution < -0.4 is 10.6 Å². The Kier molecular flexibility index (Phi) is 5.34. The molecule has 1 aliphatic rings. The van der Waals surface area contributed by atoms with Crippen molar-refractivity contribution in [2.75, 3.05) is 43.9 Å². The molecule has 0 unspecified atom stereocenters. The molecule has 2 heterocycles. The second-order valence-corrected chi connectivity index (χ2v) is 7.41. The van der Waals surface area contributed by atoms with Crippen molar-refractivity contribution in [1.29, 1.82) is 10.5 Å². The van der Waals surface area contributed by atoms with Gasteiger partial charge in [-0.05, 0) is 29.8 Å². The highest BCUT2D eigenvalue weighted by atomic mass is 15.3. The monoisotopic (exact) mass is 394 g/mol. The van der Waals surface area contributed by atoms with E-state index in [0.717, 1.165) is 42.9 Å². The first-order chi connectivity index (χ1) is 14.6. The van der Waals surface area contributed by atoms with Gasteiger partial charge in [0.05, 0.1) is 0 Å². The lowest BCUT2D eigenvalue weighted by Crippen LogP contribution is -2.45. The standard InChI is InChI=1S/C24H22N6/c1-29-10-12-30(13-11-29)24-21(16-26)22(20(15-25)23(27)28-24)19-9-5-8-18(14-19)17-6-3-2-4-7-17/h2-9,14H,10-13H2,1H3,(H2,27,28). The first-order valence-electron chi connectivity index (χ1n) is 9.85. The number of rotatable bonds is 3. The van der Waals surface area contributed by atoms with Crippen molar-refractivity contribution >= 4 is 11.6 Å². The van der Waals surface area contributed by atoms with Crippen LogP contribution in [-0.2, 0) is 0 Å². The first-order valence-corrected chi connectivity index (χ1v) is 9.85. The highest BCUT2D eigenvalue weighted by Crippen LogP contribution is 2.37. The van der Waals surface area contributed by atoms with Gasteiger partial charge in [0.2, 0.25) is 0 Å². The molecule has 1 saturated heterocycles. The minimum atomic E-state index is 0.158. The number of anilines is 2. The second-order valence-electron chi connectivity index (χ2n) is 7.41. The molecule has 2 aromatic carbocycles. The number of nitrogens with two attached hydrogens (primary N) is 1. The molecule has 3 aromatic rings. The molecule has 30 heavy (non-hydrogen) atoms. The van der Waals surface area contributed by atoms with Crippen LogP contribution in [0.1, 0.15) is 11.1 Å². The molecule has 1 fully saturated rings. The Morgan fingerprint density at radius 1 is 0.833 bits per heavy atom. The summed E-state index contributed by atoms with van der Waals surface area (Å²) < 4.78 is 0. The number of hydrogen-bond donors (Lipinski definition) is 1. The molecule has 0 amide bonds. The third kappa shape index (κ3) is 3.57. The van der Waals surface area contributed by atoms with Crippen molar-refractivity contribution in [1.82, 2.24) is 9.88 Å². The normalized spacial score (nSPS) is 14.2. The lowest BCUT2D eigenvalue weighted by Gasteiger charge is -2.34. The zero-order chi connectivity index (χ0) is 21.1. The Bertz CT molecular complexity index is 1150. The van der Waals surface area contributed by atoms with Crippen molar-refractivity contribution in [2.24, 2.45) is 0 Å². The lowest BCUT2D eigenvalue weighted by molar-refractivity contribution is 0.312. The molecule has 2 N–H and O–H groups in total. The van der Waals surface area contributed by atoms with Crippen LogP contribution in [0.2, 0.25) is 0 Å². The predicted molar refractivity (Wildman–Crippen MR) is 119 cm³/mol. The molecular formula is C24H22N6. The van der Waals surface area contributed by atoms with Crippen molar-refractivity contribution in [3.8, 4) is 34.4 Å². The average molecular weight is 394 g/mol. The third-order valence-corrected chi connectivity index (χ3v) is 5.49. The van der Waals surface area contributed by atoms with Crippen molar-refractivity contribution in [2.45, 2.75) is 0 Å². The molecule has 0 atom stereocenters. The zero-order valence-corrected chi connectivity index (χ0v) is 16.8. The molecule has 0 bridgehead atoms. The van der Waals surface area contributed by atoms with Gasteiger partial charge < -0.3 is 15.5 Å². The number of hydrogen-bond acceptors (Lipinski definition) is 6. The van der Waals surface area contributed by atoms with Crippen LogP contribution in [0, 0.1) is 22.7 Å². The molecule has 1 aromatic heterocycles. The van der Waals surface area contributed by atoms with Crippen LogP contribution in [-0.4, -0.2) is 43.1 Å². The first kappa shape index (κ1) is 19.4. The van der Waals surface area contributed by atoms with Gasteiger partial charge in [0.1, 0.15) is 34.9 Å². The molecular weight excluding hydrogens is 372 g/mol. The molecule has 1 aliphatic heterocycles. The summed E-state index contributed by atoms with van der Waals surface area (Å²) in [5.41, 5.74) is 10.3. The van der Waals surface area contributed by atoms with E-state index in [1.165, 1.54) is 0 Å². The van der Waals surface area contributed by atoms with Gasteiger partial charge in [-0.1, -0.05) is 48.5 Å². The number of pyridine rings is 1. The summed E-state index contributed by atoms with van der Waals surface area (Å²) in [6.07, 6.45) is 0. The van der Waals surface area contributed by atoms with E-state index in [1.807, 2.05) is 54.6 Å². The van der Waals surface area contributed by atoms with Gasteiger partial charge in [0.25, 0.3) is 0 Å². The minimum absolute atomic E-state index is 0.158. The Morgan fingerprint density at radius 2 is 1.47 bits per heavy atom. The summed E-state index contributed by atoms with van der Waals surface area (Å²) in [7, 11) is 2.07. The molecule has 6 nitrogen and oxygen atoms in total. The Labute approximate surface area is 176 Å². The van der Waals surface area contributed by atoms with Gasteiger partial charge in [0, 0.05) is 31.7 Å². The van der Waals surface area contributed by atoms with Crippen LogP contribution in [0.15, 0.2) is 54.6 Å². The van der Waals surface area contributed by atoms with E-state index >= 15 is 0 Å². The second kappa shape index (κ2) is 8.24. The van der Waals surface area contributed by atoms with Crippen molar-refractivity contribution < 1.29 is 0 Å². The smallest absolute Gasteiger partial charge is 0.149 e. The molecule has 0 saturated carbocycles. The maximum atomic E-state index is 10.1. The third-order valence-electron chi connectivity index (χ3n) is 5.49. The van der Waals surface area contributed by atoms with E-state index in [1.54, 1.807) is 0 Å². The summed E-state index contributed by atoms with van der Waals surface area (Å²) in [6.45, 7) is 3.27. The quantitative estimate of drug-likeness (QED) is 0.731. The Morgan fingerprint density at radius 3 is 2.13 bits per heavy atom. The number of nitrogens with zero attached hydrogens (tertiary/aromatic N) is 5. The number of likely N-dealkylation sites (N-methyl/N-ethyl adjacent to an activating group) is 1. The van der Waals surface area contributed by atoms with Gasteiger partial charge in [-0.2, -0.15) is 10.5 Å². The van der Waals surface area contributed by atoms with Gasteiger partial charge in [-0.15, -0.1) is 0 Å². The average Bonchev–Trinajstić information content (AvgIpc) is 2.79. The number of nitriles is 2. The van der Waals surface area contributed by atoms with E-state index in [4.69, 9.17) is 5.73 Å². The maximum absolute atomic E-state index is 10.1. The van der Waals surface area contributed by atoms with Crippen LogP contribution in [0.3, 0.4) is 0 Å². The number of aromatic nitrogens is 1. The highest BCUT2D eigenvalue weighted by Gasteiger charge is 2.25. The van der Waals surface area contributed by atoms with Crippen LogP contribution >= 0.6 is 0 Å².